The van der Waals surface area contributed by atoms with Crippen LogP contribution in [-0.4, -0.2) is 73.1 Å². The molecule has 0 bridgehead atoms. The van der Waals surface area contributed by atoms with Crippen molar-refractivity contribution in [2.24, 2.45) is 5.92 Å². The summed E-state index contributed by atoms with van der Waals surface area (Å²) in [6.07, 6.45) is -5.09. The molecule has 1 atom stereocenters. The number of alkyl halides is 6. The Kier molecular flexibility index (Phi) is 7.84. The average molecular weight is 571 g/mol. The molecular formula is C25H28F6N8O. The van der Waals surface area contributed by atoms with Crippen LogP contribution in [-0.2, 0) is 12.6 Å². The van der Waals surface area contributed by atoms with Crippen LogP contribution in [0.4, 0.5) is 26.3 Å². The number of nitrogens with one attached hydrogen (secondary N) is 2. The van der Waals surface area contributed by atoms with Gasteiger partial charge in [-0.25, -0.2) is 0 Å². The molecule has 2 aliphatic rings. The summed E-state index contributed by atoms with van der Waals surface area (Å²) in [5.41, 5.74) is -0.715. The summed E-state index contributed by atoms with van der Waals surface area (Å²) in [6.45, 7) is 0.0798. The van der Waals surface area contributed by atoms with Crippen LogP contribution in [0.1, 0.15) is 60.0 Å². The van der Waals surface area contributed by atoms with E-state index in [-0.39, 0.29) is 42.5 Å². The Morgan fingerprint density at radius 2 is 1.82 bits per heavy atom. The molecular weight excluding hydrogens is 542 g/mol. The number of tetrazole rings is 1. The SMILES string of the molecule is O=C(N[C@@H](CCN1CC(C(F)(F)F)C1)Cc1nn[nH]n1)c1cc(-c2ccccc2C(F)(F)F)n(C2CCCC2)n1. The lowest BCUT2D eigenvalue weighted by molar-refractivity contribution is -0.209. The number of likely N-dealkylation sites (tertiary alicyclic amines) is 1. The van der Waals surface area contributed by atoms with Gasteiger partial charge < -0.3 is 10.2 Å². The summed E-state index contributed by atoms with van der Waals surface area (Å²) in [4.78, 5) is 15.0. The van der Waals surface area contributed by atoms with Gasteiger partial charge in [0.05, 0.1) is 23.2 Å². The van der Waals surface area contributed by atoms with E-state index in [1.807, 2.05) is 0 Å². The van der Waals surface area contributed by atoms with Crippen molar-refractivity contribution in [3.05, 3.63) is 47.4 Å². The number of rotatable bonds is 9. The van der Waals surface area contributed by atoms with Crippen molar-refractivity contribution in [2.45, 2.75) is 63.0 Å². The predicted molar refractivity (Wildman–Crippen MR) is 130 cm³/mol. The normalized spacial score (nSPS) is 18.1. The van der Waals surface area contributed by atoms with Gasteiger partial charge in [0.1, 0.15) is 0 Å². The minimum absolute atomic E-state index is 0.0434. The Morgan fingerprint density at radius 1 is 1.10 bits per heavy atom. The van der Waals surface area contributed by atoms with Crippen molar-refractivity contribution in [3.63, 3.8) is 0 Å². The number of hydrogen-bond donors (Lipinski definition) is 2. The number of halogens is 6. The van der Waals surface area contributed by atoms with E-state index >= 15 is 0 Å². The van der Waals surface area contributed by atoms with E-state index in [0.29, 0.717) is 18.8 Å². The number of nitrogens with zero attached hydrogens (tertiary/aromatic N) is 6. The topological polar surface area (TPSA) is 105 Å². The van der Waals surface area contributed by atoms with Crippen molar-refractivity contribution >= 4 is 5.91 Å². The Labute approximate surface area is 225 Å². The molecule has 1 saturated carbocycles. The van der Waals surface area contributed by atoms with Gasteiger partial charge in [0.2, 0.25) is 0 Å². The first-order chi connectivity index (χ1) is 19.0. The lowest BCUT2D eigenvalue weighted by atomic mass is 9.98. The maximum absolute atomic E-state index is 13.8. The zero-order chi connectivity index (χ0) is 28.5. The van der Waals surface area contributed by atoms with Crippen LogP contribution in [0.25, 0.3) is 11.3 Å². The first-order valence-electron chi connectivity index (χ1n) is 13.1. The van der Waals surface area contributed by atoms with E-state index in [4.69, 9.17) is 0 Å². The largest absolute Gasteiger partial charge is 0.417 e. The van der Waals surface area contributed by atoms with Crippen molar-refractivity contribution in [3.8, 4) is 11.3 Å². The number of hydrogen-bond acceptors (Lipinski definition) is 6. The van der Waals surface area contributed by atoms with Crippen molar-refractivity contribution in [2.75, 3.05) is 19.6 Å². The van der Waals surface area contributed by atoms with E-state index < -0.39 is 35.8 Å². The number of aromatic nitrogens is 6. The van der Waals surface area contributed by atoms with Gasteiger partial charge in [-0.2, -0.15) is 36.7 Å². The molecule has 9 nitrogen and oxygen atoms in total. The highest BCUT2D eigenvalue weighted by Gasteiger charge is 2.46. The van der Waals surface area contributed by atoms with Crippen LogP contribution >= 0.6 is 0 Å². The third-order valence-electron chi connectivity index (χ3n) is 7.51. The summed E-state index contributed by atoms with van der Waals surface area (Å²) in [5, 5.41) is 20.9. The fourth-order valence-electron chi connectivity index (χ4n) is 5.36. The first kappa shape index (κ1) is 28.1. The molecule has 15 heteroatoms. The van der Waals surface area contributed by atoms with E-state index in [1.54, 1.807) is 4.90 Å². The van der Waals surface area contributed by atoms with Gasteiger partial charge in [0.15, 0.2) is 11.5 Å². The van der Waals surface area contributed by atoms with Crippen LogP contribution in [0.15, 0.2) is 30.3 Å². The second kappa shape index (κ2) is 11.2. The molecule has 2 fully saturated rings. The second-order valence-electron chi connectivity index (χ2n) is 10.3. The van der Waals surface area contributed by atoms with Crippen LogP contribution < -0.4 is 5.32 Å². The molecule has 1 aromatic carbocycles. The summed E-state index contributed by atoms with van der Waals surface area (Å²) in [5.74, 6) is -1.67. The number of aromatic amines is 1. The smallest absolute Gasteiger partial charge is 0.347 e. The van der Waals surface area contributed by atoms with Gasteiger partial charge in [-0.15, -0.1) is 10.2 Å². The minimum atomic E-state index is -4.60. The molecule has 1 aliphatic carbocycles. The zero-order valence-corrected chi connectivity index (χ0v) is 21.3. The third kappa shape index (κ3) is 6.29. The molecule has 1 aliphatic heterocycles. The number of amides is 1. The summed E-state index contributed by atoms with van der Waals surface area (Å²) in [6, 6.07) is 5.85. The first-order valence-corrected chi connectivity index (χ1v) is 13.1. The Morgan fingerprint density at radius 3 is 2.48 bits per heavy atom. The van der Waals surface area contributed by atoms with Crippen molar-refractivity contribution in [1.29, 1.82) is 0 Å². The number of carbonyl (C=O) groups excluding carboxylic acids is 1. The Bertz CT molecular complexity index is 1290. The summed E-state index contributed by atoms with van der Waals surface area (Å²) < 4.78 is 81.6. The quantitative estimate of drug-likeness (QED) is 0.369. The van der Waals surface area contributed by atoms with Crippen LogP contribution in [0.2, 0.25) is 0 Å². The summed E-state index contributed by atoms with van der Waals surface area (Å²) >= 11 is 0. The number of carbonyl (C=O) groups is 1. The maximum Gasteiger partial charge on any atom is 0.417 e. The van der Waals surface area contributed by atoms with Crippen LogP contribution in [0.5, 0.6) is 0 Å². The number of benzene rings is 1. The van der Waals surface area contributed by atoms with Crippen molar-refractivity contribution < 1.29 is 31.1 Å². The Hall–Kier alpha value is -3.49. The molecule has 5 rings (SSSR count). The second-order valence-corrected chi connectivity index (χ2v) is 10.3. The molecule has 2 aromatic heterocycles. The highest BCUT2D eigenvalue weighted by atomic mass is 19.4. The molecule has 0 unspecified atom stereocenters. The molecule has 3 heterocycles. The molecule has 1 amide bonds. The zero-order valence-electron chi connectivity index (χ0n) is 21.3. The average Bonchev–Trinajstić information content (AvgIpc) is 3.63. The standard InChI is InChI=1S/C25H28F6N8O/c26-24(27,28)15-13-38(14-15)10-9-16(11-22-33-36-37-34-22)32-23(40)20-12-21(39(35-20)17-5-1-2-6-17)18-7-3-4-8-19(18)25(29,30)31/h3-4,7-8,12,15-17H,1-2,5-6,9-11,13-14H2,(H,32,40)(H,33,34,36,37)/t16-/m0/s1. The van der Waals surface area contributed by atoms with Crippen LogP contribution in [0, 0.1) is 5.92 Å². The van der Waals surface area contributed by atoms with Gasteiger partial charge in [-0.1, -0.05) is 36.3 Å². The molecule has 1 saturated heterocycles. The van der Waals surface area contributed by atoms with E-state index in [2.05, 4.69) is 31.0 Å². The monoisotopic (exact) mass is 570 g/mol. The van der Waals surface area contributed by atoms with Gasteiger partial charge in [-0.3, -0.25) is 9.48 Å². The lowest BCUT2D eigenvalue weighted by Gasteiger charge is -2.40. The minimum Gasteiger partial charge on any atom is -0.347 e. The van der Waals surface area contributed by atoms with Crippen molar-refractivity contribution in [1.82, 2.24) is 40.6 Å². The van der Waals surface area contributed by atoms with Gasteiger partial charge in [-0.05, 0) is 31.4 Å². The Balaban J connectivity index is 1.36. The highest BCUT2D eigenvalue weighted by Crippen LogP contribution is 2.40. The van der Waals surface area contributed by atoms with E-state index in [9.17, 15) is 31.1 Å². The molecule has 0 spiro atoms. The number of H-pyrrole nitrogens is 1. The highest BCUT2D eigenvalue weighted by molar-refractivity contribution is 5.93. The molecule has 0 radical (unpaired) electrons. The fraction of sp³-hybridized carbons (Fsp3) is 0.560. The van der Waals surface area contributed by atoms with E-state index in [1.165, 1.54) is 28.9 Å². The predicted octanol–water partition coefficient (Wildman–Crippen LogP) is 4.42. The lowest BCUT2D eigenvalue weighted by Crippen LogP contribution is -2.54. The van der Waals surface area contributed by atoms with Crippen LogP contribution in [0.3, 0.4) is 0 Å². The fourth-order valence-corrected chi connectivity index (χ4v) is 5.36. The molecule has 2 N–H and O–H groups in total. The van der Waals surface area contributed by atoms with E-state index in [0.717, 1.165) is 31.7 Å². The summed E-state index contributed by atoms with van der Waals surface area (Å²) in [7, 11) is 0. The van der Waals surface area contributed by atoms with Gasteiger partial charge >= 0.3 is 12.4 Å². The maximum atomic E-state index is 13.8. The van der Waals surface area contributed by atoms with Gasteiger partial charge in [0.25, 0.3) is 5.91 Å². The molecule has 40 heavy (non-hydrogen) atoms. The third-order valence-corrected chi connectivity index (χ3v) is 7.51. The molecule has 3 aromatic rings. The molecule has 216 valence electrons. The van der Waals surface area contributed by atoms with Gasteiger partial charge in [0, 0.05) is 37.7 Å².